The number of hydrogen-bond acceptors (Lipinski definition) is 6. The first-order valence-corrected chi connectivity index (χ1v) is 10.5. The first kappa shape index (κ1) is 23.3. The van der Waals surface area contributed by atoms with Crippen LogP contribution in [0.4, 0.5) is 5.69 Å². The normalized spacial score (nSPS) is 19.6. The molecule has 29 heavy (non-hydrogen) atoms. The minimum absolute atomic E-state index is 0.0964. The number of carbonyl (C=O) groups excluding carboxylic acids is 2. The molecular formula is C21H32ClN3O4. The van der Waals surface area contributed by atoms with Crippen LogP contribution < -0.4 is 15.8 Å². The molecule has 2 unspecified atom stereocenters. The van der Waals surface area contributed by atoms with Crippen LogP contribution in [0.3, 0.4) is 0 Å². The number of hydrogen-bond donors (Lipinski definition) is 2. The van der Waals surface area contributed by atoms with Crippen LogP contribution in [0, 0.1) is 5.92 Å². The minimum Gasteiger partial charge on any atom is -0.496 e. The molecule has 0 radical (unpaired) electrons. The van der Waals surface area contributed by atoms with E-state index >= 15 is 0 Å². The Morgan fingerprint density at radius 1 is 1.28 bits per heavy atom. The summed E-state index contributed by atoms with van der Waals surface area (Å²) >= 11 is 6.08. The Balaban J connectivity index is 1.81. The third-order valence-corrected chi connectivity index (χ3v) is 5.78. The number of piperidine rings is 1. The molecule has 3 N–H and O–H groups in total. The van der Waals surface area contributed by atoms with Crippen LogP contribution in [0.25, 0.3) is 0 Å². The molecule has 2 rings (SSSR count). The maximum Gasteiger partial charge on any atom is 0.305 e. The van der Waals surface area contributed by atoms with Gasteiger partial charge in [-0.1, -0.05) is 24.9 Å². The third kappa shape index (κ3) is 6.78. The number of nitrogen functional groups attached to an aromatic ring is 1. The fourth-order valence-electron chi connectivity index (χ4n) is 3.69. The van der Waals surface area contributed by atoms with E-state index in [4.69, 9.17) is 22.1 Å². The van der Waals surface area contributed by atoms with Crippen LogP contribution in [-0.4, -0.2) is 56.7 Å². The van der Waals surface area contributed by atoms with Crippen molar-refractivity contribution in [2.24, 2.45) is 5.92 Å². The first-order valence-electron chi connectivity index (χ1n) is 10.1. The van der Waals surface area contributed by atoms with E-state index in [0.29, 0.717) is 34.4 Å². The predicted molar refractivity (Wildman–Crippen MR) is 114 cm³/mol. The molecule has 1 aromatic rings. The van der Waals surface area contributed by atoms with Crippen molar-refractivity contribution in [3.63, 3.8) is 0 Å². The van der Waals surface area contributed by atoms with E-state index < -0.39 is 0 Å². The topological polar surface area (TPSA) is 93.9 Å². The van der Waals surface area contributed by atoms with E-state index in [1.54, 1.807) is 12.1 Å². The molecule has 7 nitrogen and oxygen atoms in total. The van der Waals surface area contributed by atoms with Crippen molar-refractivity contribution < 1.29 is 19.1 Å². The van der Waals surface area contributed by atoms with E-state index in [1.807, 2.05) is 0 Å². The van der Waals surface area contributed by atoms with Crippen molar-refractivity contribution >= 4 is 29.2 Å². The fourth-order valence-corrected chi connectivity index (χ4v) is 3.86. The van der Waals surface area contributed by atoms with Gasteiger partial charge in [-0.25, -0.2) is 0 Å². The predicted octanol–water partition coefficient (Wildman–Crippen LogP) is 3.10. The summed E-state index contributed by atoms with van der Waals surface area (Å²) in [5.41, 5.74) is 6.57. The Morgan fingerprint density at radius 3 is 2.69 bits per heavy atom. The van der Waals surface area contributed by atoms with Crippen LogP contribution in [0.1, 0.15) is 49.4 Å². The lowest BCUT2D eigenvalue weighted by atomic mass is 9.93. The second-order valence-electron chi connectivity index (χ2n) is 7.61. The number of carbonyl (C=O) groups is 2. The largest absolute Gasteiger partial charge is 0.496 e. The monoisotopic (exact) mass is 425 g/mol. The van der Waals surface area contributed by atoms with Gasteiger partial charge < -0.3 is 25.4 Å². The van der Waals surface area contributed by atoms with Gasteiger partial charge in [-0.15, -0.1) is 0 Å². The maximum absolute atomic E-state index is 12.8. The molecule has 0 spiro atoms. The average molecular weight is 426 g/mol. The summed E-state index contributed by atoms with van der Waals surface area (Å²) in [5, 5.41) is 3.46. The number of anilines is 1. The van der Waals surface area contributed by atoms with E-state index in [2.05, 4.69) is 21.9 Å². The van der Waals surface area contributed by atoms with Crippen LogP contribution in [0.15, 0.2) is 12.1 Å². The number of nitrogens with zero attached hydrogens (tertiary/aromatic N) is 1. The van der Waals surface area contributed by atoms with Gasteiger partial charge in [-0.3, -0.25) is 9.59 Å². The molecule has 0 aromatic heterocycles. The number of amides is 1. The lowest BCUT2D eigenvalue weighted by Crippen LogP contribution is -2.50. The van der Waals surface area contributed by atoms with Gasteiger partial charge in [0.05, 0.1) is 30.5 Å². The second kappa shape index (κ2) is 11.3. The number of ether oxygens (including phenoxy) is 2. The lowest BCUT2D eigenvalue weighted by Gasteiger charge is -2.37. The van der Waals surface area contributed by atoms with Gasteiger partial charge in [0, 0.05) is 31.6 Å². The third-order valence-electron chi connectivity index (χ3n) is 5.45. The van der Waals surface area contributed by atoms with Crippen molar-refractivity contribution in [1.82, 2.24) is 10.2 Å². The minimum atomic E-state index is -0.197. The highest BCUT2D eigenvalue weighted by Gasteiger charge is 2.28. The standard InChI is InChI=1S/C21H32ClN3O4/c1-14-13-25(9-6-4-5-7-20(26)29-3)10-8-18(14)24-21(27)15-11-16(22)17(23)12-19(15)28-2/h11-12,14,18H,4-10,13,23H2,1-3H3,(H,24,27). The van der Waals surface area contributed by atoms with E-state index in [1.165, 1.54) is 14.2 Å². The van der Waals surface area contributed by atoms with Crippen LogP contribution in [0.2, 0.25) is 5.02 Å². The highest BCUT2D eigenvalue weighted by molar-refractivity contribution is 6.33. The molecule has 1 aromatic carbocycles. The number of unbranched alkanes of at least 4 members (excludes halogenated alkanes) is 2. The van der Waals surface area contributed by atoms with Gasteiger partial charge in [-0.2, -0.15) is 0 Å². The number of likely N-dealkylation sites (tertiary alicyclic amines) is 1. The Bertz CT molecular complexity index is 713. The number of nitrogens with one attached hydrogen (secondary N) is 1. The summed E-state index contributed by atoms with van der Waals surface area (Å²) in [6.45, 7) is 5.03. The van der Waals surface area contributed by atoms with Gasteiger partial charge >= 0.3 is 5.97 Å². The van der Waals surface area contributed by atoms with E-state index in [-0.39, 0.29) is 17.9 Å². The molecule has 1 aliphatic rings. The first-order chi connectivity index (χ1) is 13.8. The van der Waals surface area contributed by atoms with Gasteiger partial charge in [0.1, 0.15) is 5.75 Å². The summed E-state index contributed by atoms with van der Waals surface area (Å²) in [5.74, 6) is 0.408. The average Bonchev–Trinajstić information content (AvgIpc) is 2.70. The molecule has 1 fully saturated rings. The van der Waals surface area contributed by atoms with Crippen molar-refractivity contribution in [2.45, 2.75) is 45.1 Å². The van der Waals surface area contributed by atoms with E-state index in [0.717, 1.165) is 45.3 Å². The number of rotatable bonds is 9. The molecule has 0 aliphatic carbocycles. The zero-order valence-electron chi connectivity index (χ0n) is 17.5. The highest BCUT2D eigenvalue weighted by atomic mass is 35.5. The molecule has 0 bridgehead atoms. The summed E-state index contributed by atoms with van der Waals surface area (Å²) in [7, 11) is 2.93. The number of methoxy groups -OCH3 is 2. The lowest BCUT2D eigenvalue weighted by molar-refractivity contribution is -0.140. The Hall–Kier alpha value is -1.99. The molecule has 0 saturated carbocycles. The number of nitrogens with two attached hydrogens (primary N) is 1. The van der Waals surface area contributed by atoms with Gasteiger partial charge in [-0.05, 0) is 37.8 Å². The van der Waals surface area contributed by atoms with Gasteiger partial charge in [0.25, 0.3) is 5.91 Å². The summed E-state index contributed by atoms with van der Waals surface area (Å²) in [6, 6.07) is 3.22. The van der Waals surface area contributed by atoms with Crippen molar-refractivity contribution in [2.75, 3.05) is 39.6 Å². The van der Waals surface area contributed by atoms with Crippen molar-refractivity contribution in [3.8, 4) is 5.75 Å². The number of halogens is 1. The Morgan fingerprint density at radius 2 is 2.03 bits per heavy atom. The molecule has 1 heterocycles. The SMILES string of the molecule is COC(=O)CCCCCN1CCC(NC(=O)c2cc(Cl)c(N)cc2OC)C(C)C1. The molecule has 1 aliphatic heterocycles. The Kier molecular flexibility index (Phi) is 9.04. The highest BCUT2D eigenvalue weighted by Crippen LogP contribution is 2.29. The molecular weight excluding hydrogens is 394 g/mol. The van der Waals surface area contributed by atoms with Crippen molar-refractivity contribution in [3.05, 3.63) is 22.7 Å². The van der Waals surface area contributed by atoms with Crippen molar-refractivity contribution in [1.29, 1.82) is 0 Å². The smallest absolute Gasteiger partial charge is 0.305 e. The van der Waals surface area contributed by atoms with E-state index in [9.17, 15) is 9.59 Å². The second-order valence-corrected chi connectivity index (χ2v) is 8.01. The summed E-state index contributed by atoms with van der Waals surface area (Å²) in [4.78, 5) is 26.3. The molecule has 8 heteroatoms. The number of benzene rings is 1. The van der Waals surface area contributed by atoms with Gasteiger partial charge in [0.15, 0.2) is 0 Å². The fraction of sp³-hybridized carbons (Fsp3) is 0.619. The molecule has 2 atom stereocenters. The van der Waals surface area contributed by atoms with Crippen LogP contribution in [-0.2, 0) is 9.53 Å². The quantitative estimate of drug-likeness (QED) is 0.358. The summed E-state index contributed by atoms with van der Waals surface area (Å²) in [6.07, 6.45) is 4.31. The maximum atomic E-state index is 12.8. The zero-order chi connectivity index (χ0) is 21.4. The number of esters is 1. The van der Waals surface area contributed by atoms with Gasteiger partial charge in [0.2, 0.25) is 0 Å². The molecule has 162 valence electrons. The summed E-state index contributed by atoms with van der Waals surface area (Å²) < 4.78 is 9.94. The van der Waals surface area contributed by atoms with Crippen LogP contribution in [0.5, 0.6) is 5.75 Å². The van der Waals surface area contributed by atoms with Crippen LogP contribution >= 0.6 is 11.6 Å². The molecule has 1 amide bonds. The Labute approximate surface area is 177 Å². The molecule has 1 saturated heterocycles. The zero-order valence-corrected chi connectivity index (χ0v) is 18.3.